The number of nitrogens with zero attached hydrogens (tertiary/aromatic N) is 3. The molecule has 0 fully saturated rings. The van der Waals surface area contributed by atoms with Gasteiger partial charge >= 0.3 is 0 Å². The first kappa shape index (κ1) is 12.6. The second-order valence-corrected chi connectivity index (χ2v) is 5.60. The van der Waals surface area contributed by atoms with E-state index in [4.69, 9.17) is 5.73 Å². The standard InChI is InChI=1S/C12H16N4OS/c1-8-14-5-10(18-8)7-16(3)12(17)11-4-9(13)6-15(11)2/h4-6H,7,13H2,1-3H3. The van der Waals surface area contributed by atoms with Crippen molar-refractivity contribution in [2.24, 2.45) is 7.05 Å². The molecule has 1 amide bonds. The maximum Gasteiger partial charge on any atom is 0.270 e. The van der Waals surface area contributed by atoms with Crippen molar-refractivity contribution < 1.29 is 4.79 Å². The molecule has 2 aromatic rings. The van der Waals surface area contributed by atoms with E-state index in [1.807, 2.05) is 20.2 Å². The smallest absolute Gasteiger partial charge is 0.270 e. The van der Waals surface area contributed by atoms with Crippen LogP contribution in [0.2, 0.25) is 0 Å². The van der Waals surface area contributed by atoms with Crippen LogP contribution in [0.5, 0.6) is 0 Å². The normalized spacial score (nSPS) is 10.6. The van der Waals surface area contributed by atoms with Crippen molar-refractivity contribution >= 4 is 22.9 Å². The molecule has 0 aliphatic rings. The molecule has 0 saturated heterocycles. The lowest BCUT2D eigenvalue weighted by atomic mass is 10.3. The lowest BCUT2D eigenvalue weighted by Crippen LogP contribution is -2.27. The van der Waals surface area contributed by atoms with Crippen molar-refractivity contribution in [3.63, 3.8) is 0 Å². The van der Waals surface area contributed by atoms with Crippen LogP contribution >= 0.6 is 11.3 Å². The van der Waals surface area contributed by atoms with E-state index < -0.39 is 0 Å². The van der Waals surface area contributed by atoms with Gasteiger partial charge in [-0.25, -0.2) is 4.98 Å². The van der Waals surface area contributed by atoms with E-state index in [0.717, 1.165) is 9.88 Å². The van der Waals surface area contributed by atoms with Crippen molar-refractivity contribution in [2.45, 2.75) is 13.5 Å². The summed E-state index contributed by atoms with van der Waals surface area (Å²) in [6, 6.07) is 1.69. The highest BCUT2D eigenvalue weighted by atomic mass is 32.1. The SMILES string of the molecule is Cc1ncc(CN(C)C(=O)c2cc(N)cn2C)s1. The molecule has 0 radical (unpaired) electrons. The first-order valence-corrected chi connectivity index (χ1v) is 6.37. The minimum Gasteiger partial charge on any atom is -0.397 e. The molecule has 2 rings (SSSR count). The quantitative estimate of drug-likeness (QED) is 0.916. The van der Waals surface area contributed by atoms with Gasteiger partial charge < -0.3 is 15.2 Å². The van der Waals surface area contributed by atoms with Crippen LogP contribution in [0.4, 0.5) is 5.69 Å². The lowest BCUT2D eigenvalue weighted by molar-refractivity contribution is 0.0777. The van der Waals surface area contributed by atoms with Crippen LogP contribution < -0.4 is 5.73 Å². The number of anilines is 1. The van der Waals surface area contributed by atoms with E-state index in [0.29, 0.717) is 17.9 Å². The Labute approximate surface area is 110 Å². The molecular formula is C12H16N4OS. The zero-order chi connectivity index (χ0) is 13.3. The lowest BCUT2D eigenvalue weighted by Gasteiger charge is -2.16. The van der Waals surface area contributed by atoms with Crippen LogP contribution in [-0.4, -0.2) is 27.4 Å². The topological polar surface area (TPSA) is 64.2 Å². The Balaban J connectivity index is 2.11. The Morgan fingerprint density at radius 1 is 1.61 bits per heavy atom. The van der Waals surface area contributed by atoms with Crippen LogP contribution in [0.25, 0.3) is 0 Å². The fourth-order valence-corrected chi connectivity index (χ4v) is 2.63. The van der Waals surface area contributed by atoms with E-state index in [-0.39, 0.29) is 5.91 Å². The third-order valence-corrected chi connectivity index (χ3v) is 3.55. The molecule has 2 heterocycles. The number of amides is 1. The van der Waals surface area contributed by atoms with Crippen LogP contribution in [0.15, 0.2) is 18.5 Å². The number of carbonyl (C=O) groups excluding carboxylic acids is 1. The van der Waals surface area contributed by atoms with Gasteiger partial charge in [-0.2, -0.15) is 0 Å². The molecule has 0 aromatic carbocycles. The molecule has 5 nitrogen and oxygen atoms in total. The van der Waals surface area contributed by atoms with E-state index in [1.165, 1.54) is 0 Å². The summed E-state index contributed by atoms with van der Waals surface area (Å²) < 4.78 is 1.74. The molecule has 2 aromatic heterocycles. The molecule has 0 bridgehead atoms. The monoisotopic (exact) mass is 264 g/mol. The Hall–Kier alpha value is -1.82. The van der Waals surface area contributed by atoms with Gasteiger partial charge in [0.25, 0.3) is 5.91 Å². The molecule has 0 aliphatic heterocycles. The summed E-state index contributed by atoms with van der Waals surface area (Å²) in [7, 11) is 3.59. The molecule has 2 N–H and O–H groups in total. The van der Waals surface area contributed by atoms with Crippen LogP contribution in [-0.2, 0) is 13.6 Å². The molecule has 0 atom stereocenters. The van der Waals surface area contributed by atoms with Crippen LogP contribution in [0, 0.1) is 6.92 Å². The molecular weight excluding hydrogens is 248 g/mol. The summed E-state index contributed by atoms with van der Waals surface area (Å²) in [4.78, 5) is 19.1. The zero-order valence-electron chi connectivity index (χ0n) is 10.7. The average molecular weight is 264 g/mol. The predicted octanol–water partition coefficient (Wildman–Crippen LogP) is 1.64. The van der Waals surface area contributed by atoms with Crippen molar-refractivity contribution in [3.05, 3.63) is 34.0 Å². The van der Waals surface area contributed by atoms with Crippen LogP contribution in [0.1, 0.15) is 20.4 Å². The van der Waals surface area contributed by atoms with Gasteiger partial charge in [0.05, 0.1) is 17.2 Å². The van der Waals surface area contributed by atoms with E-state index in [1.54, 1.807) is 40.1 Å². The number of nitrogens with two attached hydrogens (primary N) is 1. The molecule has 6 heteroatoms. The maximum absolute atomic E-state index is 12.2. The van der Waals surface area contributed by atoms with Gasteiger partial charge in [0.1, 0.15) is 5.69 Å². The first-order valence-electron chi connectivity index (χ1n) is 5.56. The summed E-state index contributed by atoms with van der Waals surface area (Å²) in [6.07, 6.45) is 3.54. The highest BCUT2D eigenvalue weighted by Crippen LogP contribution is 2.16. The van der Waals surface area contributed by atoms with Crippen LogP contribution in [0.3, 0.4) is 0 Å². The van der Waals surface area contributed by atoms with Crippen molar-refractivity contribution in [1.82, 2.24) is 14.5 Å². The fourth-order valence-electron chi connectivity index (χ4n) is 1.78. The second kappa shape index (κ2) is 4.81. The number of hydrogen-bond donors (Lipinski definition) is 1. The third kappa shape index (κ3) is 2.53. The third-order valence-electron chi connectivity index (χ3n) is 2.65. The first-order chi connectivity index (χ1) is 8.47. The van der Waals surface area contributed by atoms with Gasteiger partial charge in [-0.15, -0.1) is 11.3 Å². The predicted molar refractivity (Wildman–Crippen MR) is 72.5 cm³/mol. The molecule has 0 unspecified atom stereocenters. The van der Waals surface area contributed by atoms with Gasteiger partial charge in [-0.3, -0.25) is 4.79 Å². The molecule has 96 valence electrons. The van der Waals surface area contributed by atoms with Gasteiger partial charge in [0, 0.05) is 31.4 Å². The second-order valence-electron chi connectivity index (χ2n) is 4.28. The summed E-state index contributed by atoms with van der Waals surface area (Å²) in [5.41, 5.74) is 6.87. The number of aryl methyl sites for hydroxylation is 2. The summed E-state index contributed by atoms with van der Waals surface area (Å²) in [5, 5.41) is 1.01. The number of thiazole rings is 1. The Morgan fingerprint density at radius 3 is 2.83 bits per heavy atom. The van der Waals surface area contributed by atoms with Crippen molar-refractivity contribution in [3.8, 4) is 0 Å². The van der Waals surface area contributed by atoms with Gasteiger partial charge in [0.15, 0.2) is 0 Å². The van der Waals surface area contributed by atoms with Gasteiger partial charge in [0.2, 0.25) is 0 Å². The molecule has 0 spiro atoms. The Bertz CT molecular complexity index is 572. The van der Waals surface area contributed by atoms with Gasteiger partial charge in [-0.1, -0.05) is 0 Å². The minimum atomic E-state index is -0.0414. The molecule has 0 aliphatic carbocycles. The Morgan fingerprint density at radius 2 is 2.33 bits per heavy atom. The number of carbonyl (C=O) groups is 1. The summed E-state index contributed by atoms with van der Waals surface area (Å²) >= 11 is 1.60. The van der Waals surface area contributed by atoms with Crippen molar-refractivity contribution in [1.29, 1.82) is 0 Å². The number of rotatable bonds is 3. The minimum absolute atomic E-state index is 0.0414. The largest absolute Gasteiger partial charge is 0.397 e. The number of aromatic nitrogens is 2. The summed E-state index contributed by atoms with van der Waals surface area (Å²) in [6.45, 7) is 2.52. The molecule has 18 heavy (non-hydrogen) atoms. The fraction of sp³-hybridized carbons (Fsp3) is 0.333. The van der Waals surface area contributed by atoms with Crippen molar-refractivity contribution in [2.75, 3.05) is 12.8 Å². The zero-order valence-corrected chi connectivity index (χ0v) is 11.5. The highest BCUT2D eigenvalue weighted by molar-refractivity contribution is 7.11. The summed E-state index contributed by atoms with van der Waals surface area (Å²) in [5.74, 6) is -0.0414. The van der Waals surface area contributed by atoms with E-state index >= 15 is 0 Å². The Kier molecular flexibility index (Phi) is 3.38. The number of nitrogen functional groups attached to an aromatic ring is 1. The highest BCUT2D eigenvalue weighted by Gasteiger charge is 2.16. The van der Waals surface area contributed by atoms with Gasteiger partial charge in [-0.05, 0) is 13.0 Å². The maximum atomic E-state index is 12.2. The number of hydrogen-bond acceptors (Lipinski definition) is 4. The molecule has 0 saturated carbocycles. The average Bonchev–Trinajstić information content (AvgIpc) is 2.84. The van der Waals surface area contributed by atoms with E-state index in [9.17, 15) is 4.79 Å². The van der Waals surface area contributed by atoms with E-state index in [2.05, 4.69) is 4.98 Å².